The maximum atomic E-state index is 12.5. The molecule has 4 rings (SSSR count). The van der Waals surface area contributed by atoms with Crippen LogP contribution in [0.1, 0.15) is 38.3 Å². The highest BCUT2D eigenvalue weighted by molar-refractivity contribution is 6.05. The van der Waals surface area contributed by atoms with E-state index in [-0.39, 0.29) is 11.7 Å². The van der Waals surface area contributed by atoms with E-state index in [9.17, 15) is 9.59 Å². The van der Waals surface area contributed by atoms with Crippen LogP contribution >= 0.6 is 0 Å². The number of ketones is 1. The number of aromatic nitrogens is 2. The summed E-state index contributed by atoms with van der Waals surface area (Å²) >= 11 is 0. The maximum Gasteiger partial charge on any atom is 0.251 e. The van der Waals surface area contributed by atoms with Crippen molar-refractivity contribution in [3.05, 3.63) is 83.2 Å². The highest BCUT2D eigenvalue weighted by Crippen LogP contribution is 2.25. The molecule has 0 aliphatic heterocycles. The molecular weight excluding hydrogens is 326 g/mol. The van der Waals surface area contributed by atoms with Crippen LogP contribution in [0, 0.1) is 0 Å². The number of rotatable bonds is 5. The van der Waals surface area contributed by atoms with E-state index in [0.29, 0.717) is 36.9 Å². The topological polar surface area (TPSA) is 64.0 Å². The van der Waals surface area contributed by atoms with E-state index in [1.807, 2.05) is 47.4 Å². The summed E-state index contributed by atoms with van der Waals surface area (Å²) in [7, 11) is 0. The molecular formula is C21H19N3O2. The molecule has 0 radical (unpaired) electrons. The Bertz CT molecular complexity index is 960. The number of carbonyl (C=O) groups is 2. The zero-order valence-corrected chi connectivity index (χ0v) is 14.3. The number of Topliss-reactive ketones (excluding diaryl/α,β-unsaturated/α-hetero) is 1. The normalized spacial score (nSPS) is 12.8. The Morgan fingerprint density at radius 2 is 1.92 bits per heavy atom. The van der Waals surface area contributed by atoms with Gasteiger partial charge in [-0.05, 0) is 42.2 Å². The number of nitrogens with one attached hydrogen (secondary N) is 1. The first kappa shape index (κ1) is 16.3. The second kappa shape index (κ2) is 6.96. The first-order valence-corrected chi connectivity index (χ1v) is 8.74. The van der Waals surface area contributed by atoms with Gasteiger partial charge in [0.2, 0.25) is 0 Å². The Balaban J connectivity index is 1.38. The molecule has 1 heterocycles. The predicted octanol–water partition coefficient (Wildman–Crippen LogP) is 2.97. The highest BCUT2D eigenvalue weighted by Gasteiger charge is 2.24. The molecule has 1 aromatic heterocycles. The number of hydrogen-bond acceptors (Lipinski definition) is 3. The number of fused-ring (bicyclic) bond motifs is 1. The van der Waals surface area contributed by atoms with Gasteiger partial charge in [-0.15, -0.1) is 0 Å². The van der Waals surface area contributed by atoms with Crippen molar-refractivity contribution >= 4 is 11.7 Å². The van der Waals surface area contributed by atoms with Crippen molar-refractivity contribution in [2.75, 3.05) is 6.54 Å². The van der Waals surface area contributed by atoms with E-state index in [2.05, 4.69) is 10.4 Å². The lowest BCUT2D eigenvalue weighted by atomic mass is 10.0. The molecule has 0 spiro atoms. The van der Waals surface area contributed by atoms with Crippen LogP contribution in [0.2, 0.25) is 0 Å². The van der Waals surface area contributed by atoms with Crippen LogP contribution in [0.15, 0.2) is 60.9 Å². The van der Waals surface area contributed by atoms with Gasteiger partial charge in [0.05, 0.1) is 11.9 Å². The van der Waals surface area contributed by atoms with Gasteiger partial charge in [0.1, 0.15) is 0 Å². The number of amides is 1. The number of carbonyl (C=O) groups excluding carboxylic acids is 2. The average molecular weight is 345 g/mol. The fraction of sp³-hybridized carbons (Fsp3) is 0.190. The lowest BCUT2D eigenvalue weighted by Crippen LogP contribution is -2.26. The summed E-state index contributed by atoms with van der Waals surface area (Å²) in [5.41, 5.74) is 4.26. The van der Waals surface area contributed by atoms with E-state index in [1.165, 1.54) is 0 Å². The van der Waals surface area contributed by atoms with Crippen LogP contribution in [0.5, 0.6) is 0 Å². The molecule has 0 bridgehead atoms. The second-order valence-corrected chi connectivity index (χ2v) is 6.39. The van der Waals surface area contributed by atoms with Gasteiger partial charge >= 0.3 is 0 Å². The largest absolute Gasteiger partial charge is 0.352 e. The molecule has 1 N–H and O–H groups in total. The van der Waals surface area contributed by atoms with Crippen molar-refractivity contribution in [1.82, 2.24) is 15.1 Å². The van der Waals surface area contributed by atoms with E-state index < -0.39 is 0 Å². The van der Waals surface area contributed by atoms with Crippen LogP contribution in [0.4, 0.5) is 0 Å². The lowest BCUT2D eigenvalue weighted by molar-refractivity contribution is 0.0952. The van der Waals surface area contributed by atoms with Gasteiger partial charge < -0.3 is 5.32 Å². The molecule has 0 saturated carbocycles. The third kappa shape index (κ3) is 3.16. The maximum absolute atomic E-state index is 12.5. The third-order valence-electron chi connectivity index (χ3n) is 4.68. The zero-order valence-electron chi connectivity index (χ0n) is 14.3. The van der Waals surface area contributed by atoms with Gasteiger partial charge in [0, 0.05) is 30.3 Å². The van der Waals surface area contributed by atoms with Crippen LogP contribution in [0.3, 0.4) is 0 Å². The van der Waals surface area contributed by atoms with Crippen molar-refractivity contribution in [1.29, 1.82) is 0 Å². The van der Waals surface area contributed by atoms with Crippen molar-refractivity contribution in [2.45, 2.75) is 19.3 Å². The van der Waals surface area contributed by atoms with Crippen LogP contribution in [0.25, 0.3) is 5.69 Å². The van der Waals surface area contributed by atoms with Crippen molar-refractivity contribution in [3.8, 4) is 5.69 Å². The lowest BCUT2D eigenvalue weighted by Gasteiger charge is -2.08. The minimum atomic E-state index is -0.119. The molecule has 0 unspecified atom stereocenters. The molecule has 26 heavy (non-hydrogen) atoms. The molecule has 5 nitrogen and oxygen atoms in total. The molecule has 0 saturated heterocycles. The van der Waals surface area contributed by atoms with Crippen molar-refractivity contribution < 1.29 is 9.59 Å². The Kier molecular flexibility index (Phi) is 4.35. The summed E-state index contributed by atoms with van der Waals surface area (Å²) in [6.07, 6.45) is 5.64. The molecule has 0 atom stereocenters. The molecule has 3 aromatic rings. The average Bonchev–Trinajstić information content (AvgIpc) is 3.30. The fourth-order valence-corrected chi connectivity index (χ4v) is 3.33. The minimum Gasteiger partial charge on any atom is -0.352 e. The van der Waals surface area contributed by atoms with Gasteiger partial charge in [0.25, 0.3) is 5.91 Å². The van der Waals surface area contributed by atoms with Gasteiger partial charge in [-0.3, -0.25) is 9.59 Å². The van der Waals surface area contributed by atoms with E-state index in [0.717, 1.165) is 16.8 Å². The molecule has 1 aliphatic rings. The summed E-state index contributed by atoms with van der Waals surface area (Å²) in [6, 6.07) is 15.3. The summed E-state index contributed by atoms with van der Waals surface area (Å²) in [6.45, 7) is 0.525. The number of benzene rings is 2. The Labute approximate surface area is 151 Å². The van der Waals surface area contributed by atoms with Gasteiger partial charge in [-0.2, -0.15) is 5.10 Å². The summed E-state index contributed by atoms with van der Waals surface area (Å²) < 4.78 is 1.83. The molecule has 1 amide bonds. The number of nitrogens with zero attached hydrogens (tertiary/aromatic N) is 2. The summed E-state index contributed by atoms with van der Waals surface area (Å²) in [4.78, 5) is 24.3. The number of hydrogen-bond donors (Lipinski definition) is 1. The molecule has 130 valence electrons. The Morgan fingerprint density at radius 1 is 1.08 bits per heavy atom. The van der Waals surface area contributed by atoms with Gasteiger partial charge in [-0.25, -0.2) is 4.68 Å². The summed E-state index contributed by atoms with van der Waals surface area (Å²) in [5, 5.41) is 7.32. The van der Waals surface area contributed by atoms with Gasteiger partial charge in [0.15, 0.2) is 5.78 Å². The van der Waals surface area contributed by atoms with Crippen LogP contribution in [-0.2, 0) is 12.8 Å². The Hall–Kier alpha value is -3.21. The third-order valence-corrected chi connectivity index (χ3v) is 4.68. The monoisotopic (exact) mass is 345 g/mol. The standard InChI is InChI=1S/C21H19N3O2/c25-20-10-9-17-18(20)7-4-8-19(17)21(26)22-12-11-15-13-23-24(14-15)16-5-2-1-3-6-16/h1-8,13-14H,9-12H2,(H,22,26). The smallest absolute Gasteiger partial charge is 0.251 e. The first-order chi connectivity index (χ1) is 12.7. The number of para-hydroxylation sites is 1. The summed E-state index contributed by atoms with van der Waals surface area (Å²) in [5.74, 6) is 0.00924. The fourth-order valence-electron chi connectivity index (χ4n) is 3.33. The van der Waals surface area contributed by atoms with Crippen LogP contribution < -0.4 is 5.32 Å². The Morgan fingerprint density at radius 3 is 2.77 bits per heavy atom. The van der Waals surface area contributed by atoms with E-state index >= 15 is 0 Å². The van der Waals surface area contributed by atoms with E-state index in [1.54, 1.807) is 18.2 Å². The predicted molar refractivity (Wildman–Crippen MR) is 98.7 cm³/mol. The van der Waals surface area contributed by atoms with Crippen molar-refractivity contribution in [2.24, 2.45) is 0 Å². The molecule has 5 heteroatoms. The second-order valence-electron chi connectivity index (χ2n) is 6.39. The minimum absolute atomic E-state index is 0.119. The first-order valence-electron chi connectivity index (χ1n) is 8.74. The SMILES string of the molecule is O=C1CCc2c1cccc2C(=O)NCCc1cnn(-c2ccccc2)c1. The van der Waals surface area contributed by atoms with Crippen molar-refractivity contribution in [3.63, 3.8) is 0 Å². The molecule has 2 aromatic carbocycles. The molecule has 1 aliphatic carbocycles. The van der Waals surface area contributed by atoms with E-state index in [4.69, 9.17) is 0 Å². The molecule has 0 fully saturated rings. The quantitative estimate of drug-likeness (QED) is 0.773. The zero-order chi connectivity index (χ0) is 17.9. The highest BCUT2D eigenvalue weighted by atomic mass is 16.1. The van der Waals surface area contributed by atoms with Gasteiger partial charge in [-0.1, -0.05) is 30.3 Å². The van der Waals surface area contributed by atoms with Crippen LogP contribution in [-0.4, -0.2) is 28.0 Å².